The second-order valence-corrected chi connectivity index (χ2v) is 6.15. The molecule has 1 aliphatic carbocycles. The molecule has 0 saturated heterocycles. The van der Waals surface area contributed by atoms with Gasteiger partial charge in [0.25, 0.3) is 0 Å². The van der Waals surface area contributed by atoms with Crippen molar-refractivity contribution in [1.82, 2.24) is 15.6 Å². The summed E-state index contributed by atoms with van der Waals surface area (Å²) in [6.45, 7) is 3.67. The number of urea groups is 1. The number of carbonyl (C=O) groups excluding carboxylic acids is 1. The smallest absolute Gasteiger partial charge is 0.315 e. The zero-order valence-corrected chi connectivity index (χ0v) is 13.5. The normalized spacial score (nSPS) is 22.1. The van der Waals surface area contributed by atoms with Crippen LogP contribution in [0, 0.1) is 5.92 Å². The number of nitrogens with zero attached hydrogens (tertiary/aromatic N) is 1. The average Bonchev–Trinajstić information content (AvgIpc) is 2.57. The number of carbonyl (C=O) groups is 1. The number of hydrogen-bond donors (Lipinski definition) is 3. The SMILES string of the molecule is CC1C=CC=CC1NC(=O)NCCc1ccc2c(n1)NCCC2. The van der Waals surface area contributed by atoms with E-state index < -0.39 is 0 Å². The third kappa shape index (κ3) is 4.12. The second-order valence-electron chi connectivity index (χ2n) is 6.15. The molecule has 122 valence electrons. The Morgan fingerprint density at radius 2 is 2.22 bits per heavy atom. The van der Waals surface area contributed by atoms with Gasteiger partial charge in [-0.05, 0) is 30.4 Å². The van der Waals surface area contributed by atoms with Crippen molar-refractivity contribution in [3.8, 4) is 0 Å². The van der Waals surface area contributed by atoms with Gasteiger partial charge in [0, 0.05) is 25.2 Å². The van der Waals surface area contributed by atoms with Crippen molar-refractivity contribution in [1.29, 1.82) is 0 Å². The lowest BCUT2D eigenvalue weighted by molar-refractivity contribution is 0.237. The standard InChI is InChI=1S/C18H24N4O/c1-13-5-2-3-7-16(13)22-18(23)20-12-10-15-9-8-14-6-4-11-19-17(14)21-15/h2-3,5,7-9,13,16H,4,6,10-12H2,1H3,(H,19,21)(H2,20,22,23). The number of fused-ring (bicyclic) bond motifs is 1. The zero-order valence-electron chi connectivity index (χ0n) is 13.5. The van der Waals surface area contributed by atoms with E-state index >= 15 is 0 Å². The Kier molecular flexibility index (Phi) is 4.95. The highest BCUT2D eigenvalue weighted by molar-refractivity contribution is 5.74. The molecule has 0 radical (unpaired) electrons. The Balaban J connectivity index is 1.45. The summed E-state index contributed by atoms with van der Waals surface area (Å²) in [7, 11) is 0. The van der Waals surface area contributed by atoms with E-state index in [4.69, 9.17) is 0 Å². The minimum atomic E-state index is -0.127. The molecule has 0 spiro atoms. The Morgan fingerprint density at radius 1 is 1.35 bits per heavy atom. The Bertz CT molecular complexity index is 623. The van der Waals surface area contributed by atoms with E-state index in [2.05, 4.69) is 46.1 Å². The van der Waals surface area contributed by atoms with E-state index in [0.29, 0.717) is 12.5 Å². The quantitative estimate of drug-likeness (QED) is 0.800. The fraction of sp³-hybridized carbons (Fsp3) is 0.444. The summed E-state index contributed by atoms with van der Waals surface area (Å²) in [6.07, 6.45) is 11.1. The molecule has 2 aliphatic rings. The lowest BCUT2D eigenvalue weighted by Crippen LogP contribution is -2.44. The van der Waals surface area contributed by atoms with Gasteiger partial charge in [-0.3, -0.25) is 0 Å². The molecule has 0 saturated carbocycles. The molecule has 1 aliphatic heterocycles. The molecule has 0 bridgehead atoms. The van der Waals surface area contributed by atoms with Crippen molar-refractivity contribution in [2.24, 2.45) is 5.92 Å². The fourth-order valence-corrected chi connectivity index (χ4v) is 2.91. The van der Waals surface area contributed by atoms with Gasteiger partial charge in [-0.1, -0.05) is 37.3 Å². The van der Waals surface area contributed by atoms with Crippen LogP contribution in [0.4, 0.5) is 10.6 Å². The van der Waals surface area contributed by atoms with Gasteiger partial charge in [-0.2, -0.15) is 0 Å². The first-order valence-corrected chi connectivity index (χ1v) is 8.34. The van der Waals surface area contributed by atoms with Crippen molar-refractivity contribution < 1.29 is 4.79 Å². The van der Waals surface area contributed by atoms with Gasteiger partial charge in [0.1, 0.15) is 5.82 Å². The lowest BCUT2D eigenvalue weighted by Gasteiger charge is -2.22. The van der Waals surface area contributed by atoms with E-state index in [1.54, 1.807) is 0 Å². The van der Waals surface area contributed by atoms with Crippen LogP contribution < -0.4 is 16.0 Å². The molecule has 2 heterocycles. The molecule has 1 aromatic rings. The monoisotopic (exact) mass is 312 g/mol. The number of nitrogens with one attached hydrogen (secondary N) is 3. The van der Waals surface area contributed by atoms with Crippen LogP contribution in [0.15, 0.2) is 36.4 Å². The van der Waals surface area contributed by atoms with E-state index in [0.717, 1.165) is 30.9 Å². The van der Waals surface area contributed by atoms with Crippen LogP contribution in [0.3, 0.4) is 0 Å². The van der Waals surface area contributed by atoms with Crippen molar-refractivity contribution in [2.45, 2.75) is 32.2 Å². The van der Waals surface area contributed by atoms with Gasteiger partial charge in [0.05, 0.1) is 6.04 Å². The van der Waals surface area contributed by atoms with E-state index in [1.165, 1.54) is 12.0 Å². The Hall–Kier alpha value is -2.30. The molecule has 2 atom stereocenters. The molecular weight excluding hydrogens is 288 g/mol. The summed E-state index contributed by atoms with van der Waals surface area (Å²) >= 11 is 0. The number of hydrogen-bond acceptors (Lipinski definition) is 3. The molecule has 3 N–H and O–H groups in total. The van der Waals surface area contributed by atoms with Gasteiger partial charge in [0.15, 0.2) is 0 Å². The predicted octanol–water partition coefficient (Wildman–Crippen LogP) is 2.41. The fourth-order valence-electron chi connectivity index (χ4n) is 2.91. The first-order chi connectivity index (χ1) is 11.2. The molecule has 0 aromatic carbocycles. The molecule has 23 heavy (non-hydrogen) atoms. The highest BCUT2D eigenvalue weighted by atomic mass is 16.2. The minimum Gasteiger partial charge on any atom is -0.370 e. The number of anilines is 1. The molecular formula is C18H24N4O. The maximum atomic E-state index is 12.0. The third-order valence-corrected chi connectivity index (χ3v) is 4.33. The van der Waals surface area contributed by atoms with Crippen LogP contribution in [-0.4, -0.2) is 30.1 Å². The summed E-state index contributed by atoms with van der Waals surface area (Å²) in [4.78, 5) is 16.6. The van der Waals surface area contributed by atoms with E-state index in [9.17, 15) is 4.79 Å². The van der Waals surface area contributed by atoms with Crippen LogP contribution in [0.25, 0.3) is 0 Å². The van der Waals surface area contributed by atoms with E-state index in [-0.39, 0.29) is 12.1 Å². The first-order valence-electron chi connectivity index (χ1n) is 8.34. The van der Waals surface area contributed by atoms with Gasteiger partial charge < -0.3 is 16.0 Å². The van der Waals surface area contributed by atoms with Crippen LogP contribution in [-0.2, 0) is 12.8 Å². The number of rotatable bonds is 4. The molecule has 5 nitrogen and oxygen atoms in total. The van der Waals surface area contributed by atoms with Gasteiger partial charge in [0.2, 0.25) is 0 Å². The molecule has 2 amide bonds. The number of allylic oxidation sites excluding steroid dienone is 2. The molecule has 3 rings (SSSR count). The summed E-state index contributed by atoms with van der Waals surface area (Å²) in [6, 6.07) is 4.14. The third-order valence-electron chi connectivity index (χ3n) is 4.33. The van der Waals surface area contributed by atoms with Crippen molar-refractivity contribution in [2.75, 3.05) is 18.4 Å². The van der Waals surface area contributed by atoms with Crippen molar-refractivity contribution in [3.63, 3.8) is 0 Å². The minimum absolute atomic E-state index is 0.0612. The van der Waals surface area contributed by atoms with E-state index in [1.807, 2.05) is 18.2 Å². The largest absolute Gasteiger partial charge is 0.370 e. The maximum Gasteiger partial charge on any atom is 0.315 e. The van der Waals surface area contributed by atoms with Crippen LogP contribution in [0.1, 0.15) is 24.6 Å². The first kappa shape index (κ1) is 15.6. The summed E-state index contributed by atoms with van der Waals surface area (Å²) in [5, 5.41) is 9.23. The van der Waals surface area contributed by atoms with Gasteiger partial charge in [-0.25, -0.2) is 9.78 Å². The number of amides is 2. The Morgan fingerprint density at radius 3 is 3.09 bits per heavy atom. The molecule has 1 aromatic heterocycles. The topological polar surface area (TPSA) is 66.0 Å². The highest BCUT2D eigenvalue weighted by Crippen LogP contribution is 2.19. The highest BCUT2D eigenvalue weighted by Gasteiger charge is 2.16. The molecule has 5 heteroatoms. The summed E-state index contributed by atoms with van der Waals surface area (Å²) < 4.78 is 0. The second kappa shape index (κ2) is 7.31. The lowest BCUT2D eigenvalue weighted by atomic mass is 9.97. The van der Waals surface area contributed by atoms with Gasteiger partial charge in [-0.15, -0.1) is 0 Å². The maximum absolute atomic E-state index is 12.0. The average molecular weight is 312 g/mol. The Labute approximate surface area is 137 Å². The van der Waals surface area contributed by atoms with Crippen molar-refractivity contribution in [3.05, 3.63) is 47.7 Å². The number of pyridine rings is 1. The summed E-state index contributed by atoms with van der Waals surface area (Å²) in [5.41, 5.74) is 2.30. The van der Waals surface area contributed by atoms with Crippen LogP contribution >= 0.6 is 0 Å². The molecule has 2 unspecified atom stereocenters. The van der Waals surface area contributed by atoms with Crippen molar-refractivity contribution >= 4 is 11.8 Å². The molecule has 0 fully saturated rings. The number of aromatic nitrogens is 1. The summed E-state index contributed by atoms with van der Waals surface area (Å²) in [5.74, 6) is 1.32. The zero-order chi connectivity index (χ0) is 16.1. The van der Waals surface area contributed by atoms with Crippen LogP contribution in [0.5, 0.6) is 0 Å². The van der Waals surface area contributed by atoms with Gasteiger partial charge >= 0.3 is 6.03 Å². The predicted molar refractivity (Wildman–Crippen MR) is 92.5 cm³/mol. The number of aryl methyl sites for hydroxylation is 1. The van der Waals surface area contributed by atoms with Crippen LogP contribution in [0.2, 0.25) is 0 Å².